The lowest BCUT2D eigenvalue weighted by Gasteiger charge is -2.18. The fraction of sp³-hybridized carbons (Fsp3) is 0.0857. The molecule has 8 heteroatoms. The summed E-state index contributed by atoms with van der Waals surface area (Å²) in [5, 5.41) is 5.42. The highest BCUT2D eigenvalue weighted by Crippen LogP contribution is 2.37. The monoisotopic (exact) mass is 590 g/mol. The van der Waals surface area contributed by atoms with Crippen molar-refractivity contribution < 1.29 is 23.8 Å². The number of benzene rings is 5. The highest BCUT2D eigenvalue weighted by molar-refractivity contribution is 8.00. The zero-order valence-electron chi connectivity index (χ0n) is 23.7. The number of hydrogen-bond donors (Lipinski definition) is 2. The molecular formula is C35H30N2O5S. The smallest absolute Gasteiger partial charge is 0.263 e. The molecule has 7 nitrogen and oxygen atoms in total. The van der Waals surface area contributed by atoms with E-state index in [2.05, 4.69) is 10.6 Å². The number of amides is 2. The number of methoxy groups -OCH3 is 2. The first-order valence-corrected chi connectivity index (χ1v) is 14.4. The van der Waals surface area contributed by atoms with Gasteiger partial charge in [-0.3, -0.25) is 9.59 Å². The maximum atomic E-state index is 13.5. The van der Waals surface area contributed by atoms with Crippen molar-refractivity contribution in [3.63, 3.8) is 0 Å². The van der Waals surface area contributed by atoms with E-state index in [9.17, 15) is 9.59 Å². The molecule has 1 atom stereocenters. The van der Waals surface area contributed by atoms with Gasteiger partial charge in [0.15, 0.2) is 0 Å². The Kier molecular flexibility index (Phi) is 9.61. The summed E-state index contributed by atoms with van der Waals surface area (Å²) in [5.74, 6) is 1.74. The van der Waals surface area contributed by atoms with E-state index < -0.39 is 5.25 Å². The van der Waals surface area contributed by atoms with Crippen molar-refractivity contribution in [1.29, 1.82) is 0 Å². The van der Waals surface area contributed by atoms with Crippen LogP contribution >= 0.6 is 11.8 Å². The second kappa shape index (κ2) is 14.1. The van der Waals surface area contributed by atoms with E-state index in [-0.39, 0.29) is 11.8 Å². The number of para-hydroxylation sites is 1. The molecule has 0 aliphatic carbocycles. The molecule has 0 aliphatic rings. The van der Waals surface area contributed by atoms with Gasteiger partial charge in [-0.05, 0) is 78.4 Å². The summed E-state index contributed by atoms with van der Waals surface area (Å²) in [6.07, 6.45) is 0. The number of rotatable bonds is 11. The standard InChI is InChI=1S/C35H30N2O5S/c1-40-30-14-9-15-31(41-2)32(30)34(38)36-26-18-22-29(23-19-26)43-33(24-10-5-3-6-11-24)35(39)37-25-16-20-28(21-17-25)42-27-12-7-4-8-13-27/h3-23,33H,1-2H3,(H,36,38)(H,37,39). The van der Waals surface area contributed by atoms with Crippen molar-refractivity contribution in [3.8, 4) is 23.0 Å². The van der Waals surface area contributed by atoms with Crippen molar-refractivity contribution in [2.75, 3.05) is 24.9 Å². The lowest BCUT2D eigenvalue weighted by Crippen LogP contribution is -2.19. The zero-order valence-corrected chi connectivity index (χ0v) is 24.5. The van der Waals surface area contributed by atoms with Crippen LogP contribution in [0.5, 0.6) is 23.0 Å². The van der Waals surface area contributed by atoms with Crippen LogP contribution in [0.4, 0.5) is 11.4 Å². The summed E-state index contributed by atoms with van der Waals surface area (Å²) >= 11 is 1.42. The van der Waals surface area contributed by atoms with E-state index in [1.807, 2.05) is 97.1 Å². The predicted molar refractivity (Wildman–Crippen MR) is 171 cm³/mol. The average molecular weight is 591 g/mol. The van der Waals surface area contributed by atoms with Gasteiger partial charge in [0.1, 0.15) is 33.8 Å². The molecule has 5 aromatic carbocycles. The SMILES string of the molecule is COc1cccc(OC)c1C(=O)Nc1ccc(SC(C(=O)Nc2ccc(Oc3ccccc3)cc2)c2ccccc2)cc1. The fourth-order valence-electron chi connectivity index (χ4n) is 4.36. The van der Waals surface area contributed by atoms with Crippen molar-refractivity contribution in [2.24, 2.45) is 0 Å². The van der Waals surface area contributed by atoms with Gasteiger partial charge in [0.25, 0.3) is 5.91 Å². The Balaban J connectivity index is 1.28. The van der Waals surface area contributed by atoms with Crippen LogP contribution in [0.2, 0.25) is 0 Å². The van der Waals surface area contributed by atoms with E-state index in [1.54, 1.807) is 30.3 Å². The molecule has 0 heterocycles. The number of carbonyl (C=O) groups excluding carboxylic acids is 2. The molecule has 0 aliphatic heterocycles. The number of ether oxygens (including phenoxy) is 3. The van der Waals surface area contributed by atoms with Crippen LogP contribution in [0.15, 0.2) is 132 Å². The van der Waals surface area contributed by atoms with Gasteiger partial charge in [0.05, 0.1) is 14.2 Å². The van der Waals surface area contributed by atoms with Gasteiger partial charge in [-0.1, -0.05) is 54.6 Å². The van der Waals surface area contributed by atoms with Crippen LogP contribution in [-0.4, -0.2) is 26.0 Å². The number of anilines is 2. The van der Waals surface area contributed by atoms with Crippen molar-refractivity contribution in [3.05, 3.63) is 139 Å². The summed E-state index contributed by atoms with van der Waals surface area (Å²) in [5.41, 5.74) is 2.44. The molecule has 0 radical (unpaired) electrons. The Bertz CT molecular complexity index is 1640. The minimum atomic E-state index is -0.514. The Morgan fingerprint density at radius 1 is 0.605 bits per heavy atom. The Hall–Kier alpha value is -5.21. The summed E-state index contributed by atoms with van der Waals surface area (Å²) < 4.78 is 16.6. The average Bonchev–Trinajstić information content (AvgIpc) is 3.05. The minimum Gasteiger partial charge on any atom is -0.496 e. The normalized spacial score (nSPS) is 11.2. The second-order valence-electron chi connectivity index (χ2n) is 9.35. The highest BCUT2D eigenvalue weighted by Gasteiger charge is 2.23. The van der Waals surface area contributed by atoms with Gasteiger partial charge < -0.3 is 24.8 Å². The predicted octanol–water partition coefficient (Wildman–Crippen LogP) is 8.22. The number of carbonyl (C=O) groups is 2. The third kappa shape index (κ3) is 7.55. The topological polar surface area (TPSA) is 85.9 Å². The van der Waals surface area contributed by atoms with Crippen LogP contribution in [0.3, 0.4) is 0 Å². The van der Waals surface area contributed by atoms with Crippen LogP contribution in [-0.2, 0) is 4.79 Å². The third-order valence-corrected chi connectivity index (χ3v) is 7.73. The third-order valence-electron chi connectivity index (χ3n) is 6.46. The van der Waals surface area contributed by atoms with Gasteiger partial charge in [0, 0.05) is 16.3 Å². The highest BCUT2D eigenvalue weighted by atomic mass is 32.2. The first-order valence-electron chi connectivity index (χ1n) is 13.5. The summed E-state index contributed by atoms with van der Waals surface area (Å²) in [7, 11) is 3.01. The molecule has 0 saturated heterocycles. The lowest BCUT2D eigenvalue weighted by molar-refractivity contribution is -0.115. The summed E-state index contributed by atoms with van der Waals surface area (Å²) in [6.45, 7) is 0. The molecule has 5 rings (SSSR count). The van der Waals surface area contributed by atoms with Crippen LogP contribution in [0, 0.1) is 0 Å². The molecule has 2 N–H and O–H groups in total. The first kappa shape index (κ1) is 29.3. The van der Waals surface area contributed by atoms with E-state index in [4.69, 9.17) is 14.2 Å². The van der Waals surface area contributed by atoms with Crippen molar-refractivity contribution in [2.45, 2.75) is 10.1 Å². The number of hydrogen-bond acceptors (Lipinski definition) is 6. The van der Waals surface area contributed by atoms with Crippen LogP contribution in [0.1, 0.15) is 21.2 Å². The Labute approximate surface area is 254 Å². The molecular weight excluding hydrogens is 560 g/mol. The molecule has 43 heavy (non-hydrogen) atoms. The first-order chi connectivity index (χ1) is 21.0. The van der Waals surface area contributed by atoms with Crippen molar-refractivity contribution in [1.82, 2.24) is 0 Å². The second-order valence-corrected chi connectivity index (χ2v) is 10.5. The van der Waals surface area contributed by atoms with Gasteiger partial charge >= 0.3 is 0 Å². The van der Waals surface area contributed by atoms with Gasteiger partial charge in [-0.2, -0.15) is 0 Å². The molecule has 0 fully saturated rings. The molecule has 0 saturated carbocycles. The van der Waals surface area contributed by atoms with Gasteiger partial charge in [0.2, 0.25) is 5.91 Å². The number of nitrogens with one attached hydrogen (secondary N) is 2. The van der Waals surface area contributed by atoms with E-state index in [0.717, 1.165) is 16.2 Å². The van der Waals surface area contributed by atoms with Crippen LogP contribution in [0.25, 0.3) is 0 Å². The largest absolute Gasteiger partial charge is 0.496 e. The maximum Gasteiger partial charge on any atom is 0.263 e. The van der Waals surface area contributed by atoms with Gasteiger partial charge in [-0.15, -0.1) is 11.8 Å². The Morgan fingerprint density at radius 3 is 1.74 bits per heavy atom. The minimum absolute atomic E-state index is 0.159. The quantitative estimate of drug-likeness (QED) is 0.151. The zero-order chi connectivity index (χ0) is 30.0. The molecule has 0 spiro atoms. The van der Waals surface area contributed by atoms with E-state index in [1.165, 1.54) is 26.0 Å². The number of thioether (sulfide) groups is 1. The van der Waals surface area contributed by atoms with Crippen LogP contribution < -0.4 is 24.8 Å². The Morgan fingerprint density at radius 2 is 1.14 bits per heavy atom. The lowest BCUT2D eigenvalue weighted by atomic mass is 10.1. The molecule has 5 aromatic rings. The molecule has 0 aromatic heterocycles. The summed E-state index contributed by atoms with van der Waals surface area (Å²) in [6, 6.07) is 38.9. The van der Waals surface area contributed by atoms with E-state index >= 15 is 0 Å². The van der Waals surface area contributed by atoms with Gasteiger partial charge in [-0.25, -0.2) is 0 Å². The van der Waals surface area contributed by atoms with Crippen molar-refractivity contribution >= 4 is 35.0 Å². The van der Waals surface area contributed by atoms with E-state index in [0.29, 0.717) is 34.2 Å². The molecule has 1 unspecified atom stereocenters. The summed E-state index contributed by atoms with van der Waals surface area (Å²) in [4.78, 5) is 27.5. The molecule has 216 valence electrons. The molecule has 2 amide bonds. The molecule has 0 bridgehead atoms. The fourth-order valence-corrected chi connectivity index (χ4v) is 5.39. The maximum absolute atomic E-state index is 13.5.